The van der Waals surface area contributed by atoms with Crippen molar-refractivity contribution < 1.29 is 13.5 Å². The molecule has 6 rings (SSSR count). The third-order valence-electron chi connectivity index (χ3n) is 10.3. The van der Waals surface area contributed by atoms with E-state index in [0.29, 0.717) is 61.7 Å². The molecule has 37 heavy (non-hydrogen) atoms. The van der Waals surface area contributed by atoms with Crippen molar-refractivity contribution in [3.8, 4) is 5.75 Å². The molecule has 5 aliphatic rings. The van der Waals surface area contributed by atoms with Gasteiger partial charge in [-0.3, -0.25) is 25.0 Å². The highest BCUT2D eigenvalue weighted by molar-refractivity contribution is 5.55. The van der Waals surface area contributed by atoms with Gasteiger partial charge in [0.1, 0.15) is 11.4 Å². The van der Waals surface area contributed by atoms with Crippen molar-refractivity contribution in [3.63, 3.8) is 0 Å². The van der Waals surface area contributed by atoms with Crippen LogP contribution in [0.1, 0.15) is 57.1 Å². The summed E-state index contributed by atoms with van der Waals surface area (Å²) in [6, 6.07) is 8.21. The molecule has 0 spiro atoms. The summed E-state index contributed by atoms with van der Waals surface area (Å²) in [5.41, 5.74) is 8.31. The van der Waals surface area contributed by atoms with E-state index in [4.69, 9.17) is 4.74 Å². The first-order chi connectivity index (χ1) is 17.9. The number of alkyl halides is 2. The number of hydrogen-bond donors (Lipinski definition) is 2. The number of nitrogens with one attached hydrogen (secondary N) is 2. The summed E-state index contributed by atoms with van der Waals surface area (Å²) in [5, 5.41) is 0. The summed E-state index contributed by atoms with van der Waals surface area (Å²) in [5.74, 6) is 2.70. The van der Waals surface area contributed by atoms with Gasteiger partial charge in [-0.05, 0) is 69.3 Å². The van der Waals surface area contributed by atoms with Crippen LogP contribution >= 0.6 is 0 Å². The Bertz CT molecular complexity index is 954. The van der Waals surface area contributed by atoms with E-state index in [1.807, 2.05) is 0 Å². The maximum Gasteiger partial charge on any atom is 0.125 e. The zero-order valence-electron chi connectivity index (χ0n) is 22.8. The van der Waals surface area contributed by atoms with Gasteiger partial charge in [0.2, 0.25) is 0 Å². The first-order valence-corrected chi connectivity index (χ1v) is 14.5. The van der Waals surface area contributed by atoms with Crippen LogP contribution in [0.4, 0.5) is 14.5 Å². The minimum absolute atomic E-state index is 0.178. The Morgan fingerprint density at radius 1 is 1.16 bits per heavy atom. The molecule has 6 atom stereocenters. The van der Waals surface area contributed by atoms with Crippen molar-refractivity contribution in [2.45, 2.75) is 75.3 Å². The van der Waals surface area contributed by atoms with Gasteiger partial charge in [0, 0.05) is 75.2 Å². The van der Waals surface area contributed by atoms with Crippen molar-refractivity contribution >= 4 is 5.69 Å². The van der Waals surface area contributed by atoms with E-state index < -0.39 is 5.67 Å². The molecule has 206 valence electrons. The second-order valence-corrected chi connectivity index (χ2v) is 12.5. The fourth-order valence-electron chi connectivity index (χ4n) is 7.90. The molecule has 0 amide bonds. The lowest BCUT2D eigenvalue weighted by Crippen LogP contribution is -2.58. The third-order valence-corrected chi connectivity index (χ3v) is 10.3. The third kappa shape index (κ3) is 4.88. The minimum Gasteiger partial charge on any atom is -0.496 e. The van der Waals surface area contributed by atoms with Gasteiger partial charge in [0.25, 0.3) is 0 Å². The first-order valence-electron chi connectivity index (χ1n) is 14.5. The maximum atomic E-state index is 15.3. The largest absolute Gasteiger partial charge is 0.496 e. The number of benzene rings is 1. The van der Waals surface area contributed by atoms with E-state index in [1.54, 1.807) is 7.11 Å². The number of anilines is 1. The van der Waals surface area contributed by atoms with Gasteiger partial charge in [-0.1, -0.05) is 6.07 Å². The van der Waals surface area contributed by atoms with Crippen LogP contribution in [0, 0.1) is 17.8 Å². The van der Waals surface area contributed by atoms with Crippen molar-refractivity contribution in [1.29, 1.82) is 0 Å². The molecular formula is C29H45F2N5O. The van der Waals surface area contributed by atoms with Gasteiger partial charge in [-0.25, -0.2) is 4.39 Å². The monoisotopic (exact) mass is 517 g/mol. The molecule has 8 heteroatoms. The molecule has 3 aliphatic heterocycles. The van der Waals surface area contributed by atoms with Crippen molar-refractivity contribution in [2.75, 3.05) is 58.5 Å². The second kappa shape index (κ2) is 10.2. The van der Waals surface area contributed by atoms with Gasteiger partial charge >= 0.3 is 0 Å². The van der Waals surface area contributed by atoms with Gasteiger partial charge in [0.05, 0.1) is 19.8 Å². The quantitative estimate of drug-likeness (QED) is 0.518. The number of nitrogens with zero attached hydrogens (tertiary/aromatic N) is 3. The number of hydrazine groups is 1. The Labute approximate surface area is 221 Å². The van der Waals surface area contributed by atoms with Crippen molar-refractivity contribution in [1.82, 2.24) is 20.7 Å². The molecule has 0 radical (unpaired) electrons. The topological polar surface area (TPSA) is 43.0 Å². The number of halogens is 2. The van der Waals surface area contributed by atoms with Crippen LogP contribution in [-0.2, 0) is 0 Å². The average molecular weight is 518 g/mol. The van der Waals surface area contributed by atoms with E-state index in [0.717, 1.165) is 50.5 Å². The lowest BCUT2D eigenvalue weighted by molar-refractivity contribution is -0.0507. The number of likely N-dealkylation sites (tertiary alicyclic amines) is 2. The van der Waals surface area contributed by atoms with Crippen LogP contribution in [0.3, 0.4) is 0 Å². The summed E-state index contributed by atoms with van der Waals surface area (Å²) in [6.07, 6.45) is 5.48. The predicted octanol–water partition coefficient (Wildman–Crippen LogP) is 3.93. The van der Waals surface area contributed by atoms with Gasteiger partial charge in [0.15, 0.2) is 0 Å². The number of methoxy groups -OCH3 is 1. The van der Waals surface area contributed by atoms with Crippen molar-refractivity contribution in [3.05, 3.63) is 23.8 Å². The number of hydrogen-bond acceptors (Lipinski definition) is 6. The summed E-state index contributed by atoms with van der Waals surface area (Å²) < 4.78 is 33.9. The lowest BCUT2D eigenvalue weighted by Gasteiger charge is -2.54. The second-order valence-electron chi connectivity index (χ2n) is 12.5. The molecule has 4 unspecified atom stereocenters. The minimum atomic E-state index is -1.02. The Kier molecular flexibility index (Phi) is 7.14. The Morgan fingerprint density at radius 3 is 2.70 bits per heavy atom. The molecule has 2 saturated carbocycles. The number of ether oxygens (including phenoxy) is 1. The zero-order valence-corrected chi connectivity index (χ0v) is 22.8. The highest BCUT2D eigenvalue weighted by atomic mass is 19.1. The molecule has 3 saturated heterocycles. The van der Waals surface area contributed by atoms with Crippen LogP contribution in [0.25, 0.3) is 0 Å². The number of rotatable bonds is 9. The zero-order chi connectivity index (χ0) is 25.7. The van der Waals surface area contributed by atoms with Gasteiger partial charge < -0.3 is 9.64 Å². The summed E-state index contributed by atoms with van der Waals surface area (Å²) in [6.45, 7) is 6.42. The van der Waals surface area contributed by atoms with Gasteiger partial charge in [-0.15, -0.1) is 0 Å². The molecule has 5 fully saturated rings. The molecule has 6 nitrogen and oxygen atoms in total. The van der Waals surface area contributed by atoms with E-state index in [-0.39, 0.29) is 12.7 Å². The Balaban J connectivity index is 1.27. The predicted molar refractivity (Wildman–Crippen MR) is 143 cm³/mol. The molecular weight excluding hydrogens is 472 g/mol. The number of likely N-dealkylation sites (N-methyl/N-ethyl adjacent to an activating group) is 1. The molecule has 0 aromatic heterocycles. The van der Waals surface area contributed by atoms with Crippen LogP contribution in [-0.4, -0.2) is 87.1 Å². The van der Waals surface area contributed by atoms with Crippen LogP contribution in [0.5, 0.6) is 5.75 Å². The van der Waals surface area contributed by atoms with Crippen LogP contribution in [0.15, 0.2) is 18.2 Å². The maximum absolute atomic E-state index is 15.3. The number of fused-ring (bicyclic) bond motifs is 3. The SMILES string of the molecule is COc1cc(N(C)C2CN(CCCF)C2)ccc1[C@@H]1C2CCC3NNCC3C2C[C@@H](C)N1CC1(F)CC1. The molecule has 3 heterocycles. The molecule has 1 aromatic rings. The van der Waals surface area contributed by atoms with Crippen LogP contribution < -0.4 is 20.5 Å². The molecule has 1 aromatic carbocycles. The average Bonchev–Trinajstić information content (AvgIpc) is 3.40. The van der Waals surface area contributed by atoms with Crippen LogP contribution in [0.2, 0.25) is 0 Å². The van der Waals surface area contributed by atoms with E-state index in [2.05, 4.69) is 57.7 Å². The lowest BCUT2D eigenvalue weighted by atomic mass is 9.61. The smallest absolute Gasteiger partial charge is 0.125 e. The Morgan fingerprint density at radius 2 is 1.97 bits per heavy atom. The van der Waals surface area contributed by atoms with Crippen molar-refractivity contribution in [2.24, 2.45) is 17.8 Å². The van der Waals surface area contributed by atoms with E-state index in [1.165, 1.54) is 12.0 Å². The number of piperidine rings is 1. The normalized spacial score (nSPS) is 35.5. The highest BCUT2D eigenvalue weighted by Gasteiger charge is 2.54. The summed E-state index contributed by atoms with van der Waals surface area (Å²) in [7, 11) is 3.93. The fourth-order valence-corrected chi connectivity index (χ4v) is 7.90. The fraction of sp³-hybridized carbons (Fsp3) is 0.793. The molecule has 0 bridgehead atoms. The molecule has 2 N–H and O–H groups in total. The highest BCUT2D eigenvalue weighted by Crippen LogP contribution is 2.55. The molecule has 2 aliphatic carbocycles. The van der Waals surface area contributed by atoms with Gasteiger partial charge in [-0.2, -0.15) is 0 Å². The standard InChI is InChI=1S/C29H45F2N5O/c1-19-13-24-22(7-8-26-25(24)15-32-33-26)28(36(19)18-29(31)9-10-29)23-6-5-20(14-27(23)37-3)34(2)21-16-35(17-21)12-4-11-30/h5-6,14,19,21-22,24-26,28,32-33H,4,7-13,15-18H2,1-3H3/t19-,22?,24?,25?,26?,28+/m1/s1. The first kappa shape index (κ1) is 25.8. The summed E-state index contributed by atoms with van der Waals surface area (Å²) >= 11 is 0. The summed E-state index contributed by atoms with van der Waals surface area (Å²) in [4.78, 5) is 7.16. The Hall–Kier alpha value is -1.48. The van der Waals surface area contributed by atoms with E-state index >= 15 is 4.39 Å². The van der Waals surface area contributed by atoms with E-state index in [9.17, 15) is 4.39 Å².